The Labute approximate surface area is 199 Å². The SMILES string of the molecule is CNc1ccc(Oc2ccc(OCc3ccccc3)c(CCc3nccs3)c2)c2c1CCC2. The molecule has 168 valence electrons. The average Bonchev–Trinajstić information content (AvgIpc) is 3.56. The Morgan fingerprint density at radius 1 is 0.939 bits per heavy atom. The molecule has 0 spiro atoms. The van der Waals surface area contributed by atoms with Crippen LogP contribution in [0.15, 0.2) is 72.2 Å². The lowest BCUT2D eigenvalue weighted by molar-refractivity contribution is 0.302. The molecular weight excluding hydrogens is 428 g/mol. The van der Waals surface area contributed by atoms with E-state index in [9.17, 15) is 0 Å². The topological polar surface area (TPSA) is 43.4 Å². The molecule has 0 saturated carbocycles. The third kappa shape index (κ3) is 5.04. The van der Waals surface area contributed by atoms with Gasteiger partial charge in [0.05, 0.1) is 5.01 Å². The van der Waals surface area contributed by atoms with Gasteiger partial charge in [-0.05, 0) is 72.7 Å². The average molecular weight is 457 g/mol. The molecule has 1 N–H and O–H groups in total. The summed E-state index contributed by atoms with van der Waals surface area (Å²) in [5.74, 6) is 2.71. The van der Waals surface area contributed by atoms with Crippen LogP contribution in [0.4, 0.5) is 5.69 Å². The molecule has 0 bridgehead atoms. The molecule has 0 aliphatic heterocycles. The molecule has 1 aromatic heterocycles. The fourth-order valence-corrected chi connectivity index (χ4v) is 5.06. The van der Waals surface area contributed by atoms with Crippen molar-refractivity contribution in [3.63, 3.8) is 0 Å². The number of hydrogen-bond acceptors (Lipinski definition) is 5. The van der Waals surface area contributed by atoms with E-state index in [4.69, 9.17) is 9.47 Å². The van der Waals surface area contributed by atoms with E-state index in [1.165, 1.54) is 23.2 Å². The zero-order chi connectivity index (χ0) is 22.5. The Kier molecular flexibility index (Phi) is 6.58. The highest BCUT2D eigenvalue weighted by Crippen LogP contribution is 2.38. The fourth-order valence-electron chi connectivity index (χ4n) is 4.44. The number of ether oxygens (including phenoxy) is 2. The van der Waals surface area contributed by atoms with E-state index in [-0.39, 0.29) is 0 Å². The van der Waals surface area contributed by atoms with E-state index in [0.29, 0.717) is 6.61 Å². The smallest absolute Gasteiger partial charge is 0.131 e. The molecule has 4 aromatic rings. The van der Waals surface area contributed by atoms with Crippen molar-refractivity contribution in [2.45, 2.75) is 38.7 Å². The van der Waals surface area contributed by atoms with Crippen molar-refractivity contribution in [2.75, 3.05) is 12.4 Å². The van der Waals surface area contributed by atoms with Gasteiger partial charge in [-0.15, -0.1) is 11.3 Å². The van der Waals surface area contributed by atoms with Gasteiger partial charge in [0.25, 0.3) is 0 Å². The molecule has 33 heavy (non-hydrogen) atoms. The second-order valence-electron chi connectivity index (χ2n) is 8.24. The summed E-state index contributed by atoms with van der Waals surface area (Å²) >= 11 is 1.69. The number of hydrogen-bond donors (Lipinski definition) is 1. The van der Waals surface area contributed by atoms with Crippen molar-refractivity contribution in [3.8, 4) is 17.2 Å². The van der Waals surface area contributed by atoms with Crippen molar-refractivity contribution >= 4 is 17.0 Å². The molecule has 0 radical (unpaired) electrons. The molecule has 0 atom stereocenters. The number of benzene rings is 3. The van der Waals surface area contributed by atoms with Crippen LogP contribution in [0, 0.1) is 0 Å². The molecule has 1 aliphatic rings. The molecule has 1 aliphatic carbocycles. The summed E-state index contributed by atoms with van der Waals surface area (Å²) in [6.45, 7) is 0.546. The lowest BCUT2D eigenvalue weighted by atomic mass is 10.1. The van der Waals surface area contributed by atoms with Crippen molar-refractivity contribution in [1.82, 2.24) is 4.98 Å². The third-order valence-electron chi connectivity index (χ3n) is 6.10. The maximum Gasteiger partial charge on any atom is 0.131 e. The standard InChI is InChI=1S/C28H28N2O2S/c1-29-25-12-14-27(24-9-5-8-23(24)25)32-22-11-13-26(31-19-20-6-3-2-4-7-20)21(18-22)10-15-28-30-16-17-33-28/h2-4,6-7,11-14,16-18,29H,5,8-10,15,19H2,1H3. The number of nitrogens with one attached hydrogen (secondary N) is 1. The summed E-state index contributed by atoms with van der Waals surface area (Å²) in [4.78, 5) is 4.44. The zero-order valence-corrected chi connectivity index (χ0v) is 19.7. The van der Waals surface area contributed by atoms with E-state index < -0.39 is 0 Å². The van der Waals surface area contributed by atoms with Crippen molar-refractivity contribution in [2.24, 2.45) is 0 Å². The molecule has 0 amide bonds. The first-order chi connectivity index (χ1) is 16.3. The van der Waals surface area contributed by atoms with Gasteiger partial charge in [0.2, 0.25) is 0 Å². The van der Waals surface area contributed by atoms with E-state index in [2.05, 4.69) is 40.6 Å². The Morgan fingerprint density at radius 3 is 2.61 bits per heavy atom. The summed E-state index contributed by atoms with van der Waals surface area (Å²) in [5.41, 5.74) is 6.23. The Hall–Kier alpha value is -3.31. The zero-order valence-electron chi connectivity index (χ0n) is 18.8. The highest BCUT2D eigenvalue weighted by atomic mass is 32.1. The normalized spacial score (nSPS) is 12.4. The predicted molar refractivity (Wildman–Crippen MR) is 135 cm³/mol. The molecule has 0 saturated heterocycles. The van der Waals surface area contributed by atoms with E-state index in [0.717, 1.165) is 59.1 Å². The molecule has 5 heteroatoms. The summed E-state index contributed by atoms with van der Waals surface area (Å²) in [6, 6.07) is 20.7. The highest BCUT2D eigenvalue weighted by Gasteiger charge is 2.20. The monoisotopic (exact) mass is 456 g/mol. The Morgan fingerprint density at radius 2 is 1.79 bits per heavy atom. The van der Waals surface area contributed by atoms with Crippen LogP contribution in [0.1, 0.15) is 33.7 Å². The van der Waals surface area contributed by atoms with E-state index in [1.54, 1.807) is 11.3 Å². The third-order valence-corrected chi connectivity index (χ3v) is 6.94. The quantitative estimate of drug-likeness (QED) is 0.300. The summed E-state index contributed by atoms with van der Waals surface area (Å²) in [5, 5.41) is 6.48. The molecule has 3 aromatic carbocycles. The van der Waals surface area contributed by atoms with Crippen LogP contribution >= 0.6 is 11.3 Å². The summed E-state index contributed by atoms with van der Waals surface area (Å²) < 4.78 is 12.6. The van der Waals surface area contributed by atoms with Gasteiger partial charge in [0.15, 0.2) is 0 Å². The predicted octanol–water partition coefficient (Wildman–Crippen LogP) is 6.83. The second kappa shape index (κ2) is 10.1. The van der Waals surface area contributed by atoms with Crippen LogP contribution in [0.3, 0.4) is 0 Å². The lowest BCUT2D eigenvalue weighted by Gasteiger charge is -2.16. The molecular formula is C28H28N2O2S. The minimum atomic E-state index is 0.546. The maximum absolute atomic E-state index is 6.42. The number of aryl methyl sites for hydroxylation is 2. The van der Waals surface area contributed by atoms with E-state index >= 15 is 0 Å². The first kappa shape index (κ1) is 21.5. The number of rotatable bonds is 9. The second-order valence-corrected chi connectivity index (χ2v) is 9.22. The largest absolute Gasteiger partial charge is 0.489 e. The maximum atomic E-state index is 6.42. The summed E-state index contributed by atoms with van der Waals surface area (Å²) in [7, 11) is 1.98. The van der Waals surface area contributed by atoms with Crippen molar-refractivity contribution < 1.29 is 9.47 Å². The van der Waals surface area contributed by atoms with Gasteiger partial charge in [-0.2, -0.15) is 0 Å². The van der Waals surface area contributed by atoms with Crippen molar-refractivity contribution in [3.05, 3.63) is 99.5 Å². The van der Waals surface area contributed by atoms with Gasteiger partial charge in [-0.1, -0.05) is 30.3 Å². The van der Waals surface area contributed by atoms with E-state index in [1.807, 2.05) is 49.0 Å². The van der Waals surface area contributed by atoms with Crippen LogP contribution in [0.2, 0.25) is 0 Å². The Bertz CT molecular complexity index is 1210. The number of anilines is 1. The van der Waals surface area contributed by atoms with Crippen LogP contribution < -0.4 is 14.8 Å². The lowest BCUT2D eigenvalue weighted by Crippen LogP contribution is -2.01. The summed E-state index contributed by atoms with van der Waals surface area (Å²) in [6.07, 6.45) is 6.95. The van der Waals surface area contributed by atoms with Gasteiger partial charge in [0, 0.05) is 36.3 Å². The fraction of sp³-hybridized carbons (Fsp3) is 0.250. The van der Waals surface area contributed by atoms with Crippen LogP contribution in [0.5, 0.6) is 17.2 Å². The molecule has 4 nitrogen and oxygen atoms in total. The molecule has 1 heterocycles. The van der Waals surface area contributed by atoms with Gasteiger partial charge in [0.1, 0.15) is 23.9 Å². The number of aromatic nitrogens is 1. The number of nitrogens with zero attached hydrogens (tertiary/aromatic N) is 1. The minimum Gasteiger partial charge on any atom is -0.489 e. The molecule has 0 fully saturated rings. The van der Waals surface area contributed by atoms with Crippen LogP contribution in [-0.2, 0) is 32.3 Å². The van der Waals surface area contributed by atoms with Gasteiger partial charge >= 0.3 is 0 Å². The first-order valence-electron chi connectivity index (χ1n) is 11.5. The van der Waals surface area contributed by atoms with Gasteiger partial charge in [-0.3, -0.25) is 0 Å². The van der Waals surface area contributed by atoms with Gasteiger partial charge < -0.3 is 14.8 Å². The van der Waals surface area contributed by atoms with Crippen LogP contribution in [0.25, 0.3) is 0 Å². The molecule has 0 unspecified atom stereocenters. The van der Waals surface area contributed by atoms with Crippen molar-refractivity contribution in [1.29, 1.82) is 0 Å². The van der Waals surface area contributed by atoms with Gasteiger partial charge in [-0.25, -0.2) is 4.98 Å². The highest BCUT2D eigenvalue weighted by molar-refractivity contribution is 7.09. The van der Waals surface area contributed by atoms with Crippen LogP contribution in [-0.4, -0.2) is 12.0 Å². The Balaban J connectivity index is 1.39. The number of fused-ring (bicyclic) bond motifs is 1. The minimum absolute atomic E-state index is 0.546. The first-order valence-corrected chi connectivity index (χ1v) is 12.4. The number of thiazole rings is 1. The molecule has 5 rings (SSSR count).